The second-order valence-electron chi connectivity index (χ2n) is 5.89. The normalized spacial score (nSPS) is 22.2. The summed E-state index contributed by atoms with van der Waals surface area (Å²) in [6, 6.07) is 6.21. The first-order chi connectivity index (χ1) is 9.74. The van der Waals surface area contributed by atoms with Gasteiger partial charge in [-0.25, -0.2) is 0 Å². The minimum atomic E-state index is 0.222. The van der Waals surface area contributed by atoms with Crippen molar-refractivity contribution in [2.24, 2.45) is 5.92 Å². The van der Waals surface area contributed by atoms with Gasteiger partial charge in [-0.3, -0.25) is 4.40 Å². The molecule has 2 unspecified atom stereocenters. The number of likely N-dealkylation sites (tertiary alicyclic amines) is 1. The fourth-order valence-corrected chi connectivity index (χ4v) is 3.03. The zero-order valence-electron chi connectivity index (χ0n) is 12.3. The molecule has 108 valence electrons. The first-order valence-corrected chi connectivity index (χ1v) is 7.45. The molecule has 0 amide bonds. The van der Waals surface area contributed by atoms with E-state index in [1.807, 2.05) is 24.4 Å². The second kappa shape index (κ2) is 5.89. The van der Waals surface area contributed by atoms with Crippen LogP contribution in [0.5, 0.6) is 0 Å². The number of nitrogens with one attached hydrogen (secondary N) is 1. The molecule has 1 saturated heterocycles. The Hall–Kier alpha value is -1.46. The van der Waals surface area contributed by atoms with Crippen LogP contribution in [0.15, 0.2) is 24.4 Å². The summed E-state index contributed by atoms with van der Waals surface area (Å²) in [5.41, 5.74) is 0.911. The molecular formula is C15H23N5. The number of fused-ring (bicyclic) bond motifs is 1. The molecular weight excluding hydrogens is 250 g/mol. The van der Waals surface area contributed by atoms with E-state index >= 15 is 0 Å². The first kappa shape index (κ1) is 13.5. The zero-order chi connectivity index (χ0) is 13.9. The number of piperidine rings is 1. The summed E-state index contributed by atoms with van der Waals surface area (Å²) in [5.74, 6) is 1.74. The molecule has 3 heterocycles. The van der Waals surface area contributed by atoms with E-state index < -0.39 is 0 Å². The molecule has 0 aliphatic carbocycles. The summed E-state index contributed by atoms with van der Waals surface area (Å²) < 4.78 is 2.06. The van der Waals surface area contributed by atoms with Crippen LogP contribution in [-0.4, -0.2) is 46.2 Å². The molecule has 0 bridgehead atoms. The van der Waals surface area contributed by atoms with Crippen LogP contribution in [0.3, 0.4) is 0 Å². The van der Waals surface area contributed by atoms with Crippen molar-refractivity contribution in [1.82, 2.24) is 24.8 Å². The van der Waals surface area contributed by atoms with Crippen molar-refractivity contribution in [3.05, 3.63) is 30.2 Å². The van der Waals surface area contributed by atoms with E-state index in [2.05, 4.69) is 38.8 Å². The van der Waals surface area contributed by atoms with Gasteiger partial charge in [0.15, 0.2) is 11.5 Å². The third-order valence-electron chi connectivity index (χ3n) is 4.16. The predicted molar refractivity (Wildman–Crippen MR) is 79.6 cm³/mol. The van der Waals surface area contributed by atoms with Gasteiger partial charge >= 0.3 is 0 Å². The minimum absolute atomic E-state index is 0.222. The van der Waals surface area contributed by atoms with Crippen molar-refractivity contribution in [3.63, 3.8) is 0 Å². The van der Waals surface area contributed by atoms with E-state index in [1.54, 1.807) is 0 Å². The Morgan fingerprint density at radius 2 is 2.30 bits per heavy atom. The van der Waals surface area contributed by atoms with E-state index in [9.17, 15) is 0 Å². The third kappa shape index (κ3) is 2.83. The monoisotopic (exact) mass is 273 g/mol. The molecule has 1 aliphatic heterocycles. The molecule has 2 atom stereocenters. The van der Waals surface area contributed by atoms with Gasteiger partial charge < -0.3 is 10.2 Å². The predicted octanol–water partition coefficient (Wildman–Crippen LogP) is 1.72. The van der Waals surface area contributed by atoms with E-state index in [1.165, 1.54) is 25.9 Å². The lowest BCUT2D eigenvalue weighted by Gasteiger charge is -2.30. The molecule has 0 aromatic carbocycles. The number of pyridine rings is 1. The average Bonchev–Trinajstić information content (AvgIpc) is 2.89. The zero-order valence-corrected chi connectivity index (χ0v) is 12.3. The van der Waals surface area contributed by atoms with E-state index in [-0.39, 0.29) is 6.04 Å². The van der Waals surface area contributed by atoms with Gasteiger partial charge in [0.05, 0.1) is 6.04 Å². The maximum Gasteiger partial charge on any atom is 0.160 e. The Labute approximate surface area is 120 Å². The Morgan fingerprint density at radius 1 is 1.40 bits per heavy atom. The summed E-state index contributed by atoms with van der Waals surface area (Å²) >= 11 is 0. The number of aromatic nitrogens is 3. The summed E-state index contributed by atoms with van der Waals surface area (Å²) in [6.45, 7) is 5.64. The fraction of sp³-hybridized carbons (Fsp3) is 0.600. The Balaban J connectivity index is 1.63. The lowest BCUT2D eigenvalue weighted by atomic mass is 9.98. The highest BCUT2D eigenvalue weighted by Gasteiger charge is 2.19. The van der Waals surface area contributed by atoms with Crippen molar-refractivity contribution in [3.8, 4) is 0 Å². The highest BCUT2D eigenvalue weighted by atomic mass is 15.3. The molecule has 1 aliphatic rings. The maximum absolute atomic E-state index is 4.31. The van der Waals surface area contributed by atoms with Crippen LogP contribution in [0.4, 0.5) is 0 Å². The molecule has 5 nitrogen and oxygen atoms in total. The summed E-state index contributed by atoms with van der Waals surface area (Å²) in [4.78, 5) is 2.42. The van der Waals surface area contributed by atoms with Crippen LogP contribution < -0.4 is 5.32 Å². The molecule has 0 radical (unpaired) electrons. The second-order valence-corrected chi connectivity index (χ2v) is 5.89. The average molecular weight is 273 g/mol. The van der Waals surface area contributed by atoms with Crippen LogP contribution in [0.1, 0.15) is 31.6 Å². The van der Waals surface area contributed by atoms with Gasteiger partial charge in [0.25, 0.3) is 0 Å². The number of nitrogens with zero attached hydrogens (tertiary/aromatic N) is 4. The van der Waals surface area contributed by atoms with Crippen LogP contribution >= 0.6 is 0 Å². The van der Waals surface area contributed by atoms with Crippen molar-refractivity contribution in [2.75, 3.05) is 26.7 Å². The largest absolute Gasteiger partial charge is 0.307 e. The SMILES string of the molecule is CC(NCC1CCCN(C)C1)c1nnc2ccccn12. The first-order valence-electron chi connectivity index (χ1n) is 7.45. The molecule has 2 aromatic heterocycles. The van der Waals surface area contributed by atoms with Gasteiger partial charge in [0, 0.05) is 12.7 Å². The molecule has 3 rings (SSSR count). The van der Waals surface area contributed by atoms with Crippen LogP contribution in [0.2, 0.25) is 0 Å². The number of hydrogen-bond donors (Lipinski definition) is 1. The van der Waals surface area contributed by atoms with Gasteiger partial charge in [-0.1, -0.05) is 6.07 Å². The Bertz CT molecular complexity index is 564. The summed E-state index contributed by atoms with van der Waals surface area (Å²) in [6.07, 6.45) is 4.66. The third-order valence-corrected chi connectivity index (χ3v) is 4.16. The van der Waals surface area contributed by atoms with Gasteiger partial charge in [-0.05, 0) is 58.0 Å². The van der Waals surface area contributed by atoms with E-state index in [0.717, 1.165) is 23.9 Å². The smallest absolute Gasteiger partial charge is 0.160 e. The summed E-state index contributed by atoms with van der Waals surface area (Å²) in [7, 11) is 2.21. The maximum atomic E-state index is 4.31. The van der Waals surface area contributed by atoms with Gasteiger partial charge in [0.2, 0.25) is 0 Å². The van der Waals surface area contributed by atoms with Gasteiger partial charge in [0.1, 0.15) is 0 Å². The Kier molecular flexibility index (Phi) is 3.98. The number of hydrogen-bond acceptors (Lipinski definition) is 4. The number of rotatable bonds is 4. The van der Waals surface area contributed by atoms with Crippen molar-refractivity contribution in [1.29, 1.82) is 0 Å². The minimum Gasteiger partial charge on any atom is -0.307 e. The summed E-state index contributed by atoms with van der Waals surface area (Å²) in [5, 5.41) is 12.1. The van der Waals surface area contributed by atoms with Crippen LogP contribution in [0, 0.1) is 5.92 Å². The molecule has 20 heavy (non-hydrogen) atoms. The Morgan fingerprint density at radius 3 is 3.15 bits per heavy atom. The van der Waals surface area contributed by atoms with E-state index in [4.69, 9.17) is 0 Å². The van der Waals surface area contributed by atoms with Gasteiger partial charge in [-0.2, -0.15) is 0 Å². The molecule has 0 saturated carbocycles. The van der Waals surface area contributed by atoms with Crippen LogP contribution in [0.25, 0.3) is 5.65 Å². The highest BCUT2D eigenvalue weighted by molar-refractivity contribution is 5.37. The fourth-order valence-electron chi connectivity index (χ4n) is 3.03. The highest BCUT2D eigenvalue weighted by Crippen LogP contribution is 2.16. The lowest BCUT2D eigenvalue weighted by Crippen LogP contribution is -2.38. The standard InChI is InChI=1S/C15H23N5/c1-12(16-10-13-6-5-8-19(2)11-13)15-18-17-14-7-3-4-9-20(14)15/h3-4,7,9,12-13,16H,5-6,8,10-11H2,1-2H3. The topological polar surface area (TPSA) is 45.5 Å². The molecule has 0 spiro atoms. The van der Waals surface area contributed by atoms with Crippen molar-refractivity contribution < 1.29 is 0 Å². The van der Waals surface area contributed by atoms with Crippen molar-refractivity contribution >= 4 is 5.65 Å². The van der Waals surface area contributed by atoms with E-state index in [0.29, 0.717) is 0 Å². The van der Waals surface area contributed by atoms with Crippen LogP contribution in [-0.2, 0) is 0 Å². The molecule has 5 heteroatoms. The quantitative estimate of drug-likeness (QED) is 0.921. The molecule has 1 N–H and O–H groups in total. The van der Waals surface area contributed by atoms with Crippen molar-refractivity contribution in [2.45, 2.75) is 25.8 Å². The molecule has 2 aromatic rings. The van der Waals surface area contributed by atoms with Gasteiger partial charge in [-0.15, -0.1) is 10.2 Å². The lowest BCUT2D eigenvalue weighted by molar-refractivity contribution is 0.203. The molecule has 1 fully saturated rings.